The number of hydrogen-bond donors (Lipinski definition) is 5. The lowest BCUT2D eigenvalue weighted by Crippen LogP contribution is -2.52. The van der Waals surface area contributed by atoms with Crippen molar-refractivity contribution in [3.05, 3.63) is 18.6 Å². The fourth-order valence-electron chi connectivity index (χ4n) is 3.53. The molecular weight excluding hydrogens is 436 g/mol. The van der Waals surface area contributed by atoms with Crippen LogP contribution in [0.3, 0.4) is 0 Å². The number of aromatic amines is 1. The van der Waals surface area contributed by atoms with Crippen molar-refractivity contribution in [2.24, 2.45) is 5.92 Å². The number of likely N-dealkylation sites (N-methyl/N-ethyl adjacent to an activating group) is 1. The Balaban J connectivity index is 0.000000328. The summed E-state index contributed by atoms with van der Waals surface area (Å²) < 4.78 is 0. The van der Waals surface area contributed by atoms with Crippen molar-refractivity contribution in [3.63, 3.8) is 0 Å². The molecule has 13 nitrogen and oxygen atoms in total. The van der Waals surface area contributed by atoms with Crippen molar-refractivity contribution in [2.45, 2.75) is 38.0 Å². The molecule has 178 valence electrons. The van der Waals surface area contributed by atoms with Crippen LogP contribution in [0.4, 0.5) is 5.82 Å². The number of aliphatic hydroxyl groups excluding tert-OH is 2. The molecule has 33 heavy (non-hydrogen) atoms. The van der Waals surface area contributed by atoms with Crippen LogP contribution in [0.25, 0.3) is 11.0 Å². The van der Waals surface area contributed by atoms with Gasteiger partial charge in [0, 0.05) is 26.3 Å². The Morgan fingerprint density at radius 2 is 1.91 bits per heavy atom. The van der Waals surface area contributed by atoms with E-state index in [-0.39, 0.29) is 18.4 Å². The summed E-state index contributed by atoms with van der Waals surface area (Å²) in [6, 6.07) is 4.07. The maximum atomic E-state index is 12.0. The van der Waals surface area contributed by atoms with Gasteiger partial charge in [-0.25, -0.2) is 19.6 Å². The fourth-order valence-corrected chi connectivity index (χ4v) is 3.53. The van der Waals surface area contributed by atoms with Gasteiger partial charge in [0.1, 0.15) is 24.2 Å². The van der Waals surface area contributed by atoms with Crippen LogP contribution in [0.15, 0.2) is 18.6 Å². The fraction of sp³-hybridized carbons (Fsp3) is 0.500. The number of anilines is 1. The topological polar surface area (TPSA) is 204 Å². The Morgan fingerprint density at radius 3 is 2.48 bits per heavy atom. The molecule has 1 saturated heterocycles. The number of nitrogens with zero attached hydrogens (tertiary/aromatic N) is 5. The molecule has 1 fully saturated rings. The van der Waals surface area contributed by atoms with Crippen LogP contribution < -0.4 is 4.90 Å². The third-order valence-corrected chi connectivity index (χ3v) is 5.47. The number of rotatable bonds is 6. The van der Waals surface area contributed by atoms with Crippen LogP contribution in [-0.2, 0) is 14.4 Å². The lowest BCUT2D eigenvalue weighted by molar-refractivity contribution is -0.165. The quantitative estimate of drug-likeness (QED) is 0.367. The second-order valence-electron chi connectivity index (χ2n) is 7.62. The molecule has 13 heteroatoms. The molecule has 0 spiro atoms. The van der Waals surface area contributed by atoms with Crippen molar-refractivity contribution in [2.75, 3.05) is 25.0 Å². The molecule has 0 aliphatic carbocycles. The molecule has 2 unspecified atom stereocenters. The summed E-state index contributed by atoms with van der Waals surface area (Å²) in [5, 5.41) is 42.2. The number of H-pyrrole nitrogens is 1. The predicted octanol–water partition coefficient (Wildman–Crippen LogP) is -0.578. The Labute approximate surface area is 188 Å². The van der Waals surface area contributed by atoms with Crippen LogP contribution in [0.1, 0.15) is 19.8 Å². The largest absolute Gasteiger partial charge is 0.479 e. The number of aromatic nitrogens is 3. The standard InChI is InChI=1S/C16H20N6O.C4H6O6/c1-11-5-8-22(14(23)3-6-17)9-13(11)21(2)16-12-4-7-18-15(12)19-10-20-16;5-1(3(7)8)2(6)4(9)10/h4,7,10-11,13H,3,5,8-9H2,1-2H3,(H,18,19,20);1-2,5-6H,(H,7,8)(H,9,10)/t11-,13+;/m1./s1. The van der Waals surface area contributed by atoms with Crippen molar-refractivity contribution in [3.8, 4) is 6.07 Å². The number of hydrogen-bond acceptors (Lipinski definition) is 9. The molecule has 1 aliphatic heterocycles. The van der Waals surface area contributed by atoms with E-state index in [1.54, 1.807) is 11.2 Å². The number of carboxylic acids is 2. The smallest absolute Gasteiger partial charge is 0.335 e. The maximum absolute atomic E-state index is 12.0. The molecule has 4 atom stereocenters. The van der Waals surface area contributed by atoms with E-state index in [4.69, 9.17) is 25.7 Å². The highest BCUT2D eigenvalue weighted by atomic mass is 16.4. The predicted molar refractivity (Wildman–Crippen MR) is 114 cm³/mol. The van der Waals surface area contributed by atoms with Crippen molar-refractivity contribution in [1.29, 1.82) is 5.26 Å². The number of carbonyl (C=O) groups excluding carboxylic acids is 1. The lowest BCUT2D eigenvalue weighted by atomic mass is 9.92. The van der Waals surface area contributed by atoms with E-state index in [1.165, 1.54) is 0 Å². The maximum Gasteiger partial charge on any atom is 0.335 e. The van der Waals surface area contributed by atoms with E-state index < -0.39 is 24.1 Å². The average molecular weight is 462 g/mol. The van der Waals surface area contributed by atoms with Crippen LogP contribution in [0.2, 0.25) is 0 Å². The van der Waals surface area contributed by atoms with E-state index in [0.29, 0.717) is 12.5 Å². The number of piperidine rings is 1. The number of likely N-dealkylation sites (tertiary alicyclic amines) is 1. The minimum Gasteiger partial charge on any atom is -0.479 e. The van der Waals surface area contributed by atoms with E-state index in [1.807, 2.05) is 25.4 Å². The van der Waals surface area contributed by atoms with E-state index in [2.05, 4.69) is 26.8 Å². The molecule has 0 aromatic carbocycles. The van der Waals surface area contributed by atoms with E-state index in [0.717, 1.165) is 29.8 Å². The summed E-state index contributed by atoms with van der Waals surface area (Å²) in [5.41, 5.74) is 0.808. The third kappa shape index (κ3) is 6.15. The highest BCUT2D eigenvalue weighted by molar-refractivity contribution is 5.87. The van der Waals surface area contributed by atoms with Gasteiger partial charge in [-0.15, -0.1) is 0 Å². The molecule has 3 rings (SSSR count). The molecule has 1 amide bonds. The Kier molecular flexibility index (Phi) is 8.66. The van der Waals surface area contributed by atoms with Gasteiger partial charge in [0.2, 0.25) is 5.91 Å². The summed E-state index contributed by atoms with van der Waals surface area (Å²) in [7, 11) is 2.01. The molecule has 0 saturated carbocycles. The van der Waals surface area contributed by atoms with Gasteiger partial charge in [0.05, 0.1) is 17.5 Å². The van der Waals surface area contributed by atoms with Crippen molar-refractivity contribution in [1.82, 2.24) is 19.9 Å². The molecular formula is C20H26N6O7. The summed E-state index contributed by atoms with van der Waals surface area (Å²) in [6.45, 7) is 3.53. The Bertz CT molecular complexity index is 1020. The zero-order valence-corrected chi connectivity index (χ0v) is 18.1. The second-order valence-corrected chi connectivity index (χ2v) is 7.62. The number of aliphatic hydroxyl groups is 2. The van der Waals surface area contributed by atoms with E-state index in [9.17, 15) is 14.4 Å². The number of nitriles is 1. The van der Waals surface area contributed by atoms with Gasteiger partial charge in [-0.05, 0) is 18.4 Å². The summed E-state index contributed by atoms with van der Waals surface area (Å²) in [4.78, 5) is 47.3. The van der Waals surface area contributed by atoms with Crippen molar-refractivity contribution >= 4 is 34.7 Å². The normalized spacial score (nSPS) is 19.5. The summed E-state index contributed by atoms with van der Waals surface area (Å²) in [6.07, 6.45) is -0.260. The molecule has 0 radical (unpaired) electrons. The van der Waals surface area contributed by atoms with Crippen LogP contribution in [0, 0.1) is 17.2 Å². The van der Waals surface area contributed by atoms with Gasteiger partial charge in [0.15, 0.2) is 12.2 Å². The van der Waals surface area contributed by atoms with E-state index >= 15 is 0 Å². The zero-order valence-electron chi connectivity index (χ0n) is 18.1. The minimum atomic E-state index is -2.27. The van der Waals surface area contributed by atoms with Gasteiger partial charge in [-0.2, -0.15) is 5.26 Å². The third-order valence-electron chi connectivity index (χ3n) is 5.47. The van der Waals surface area contributed by atoms with Gasteiger partial charge >= 0.3 is 11.9 Å². The number of aliphatic carboxylic acids is 2. The number of amides is 1. The Morgan fingerprint density at radius 1 is 1.27 bits per heavy atom. The first kappa shape index (κ1) is 25.5. The minimum absolute atomic E-state index is 0.0552. The second kappa shape index (κ2) is 11.2. The Hall–Kier alpha value is -3.76. The van der Waals surface area contributed by atoms with Crippen molar-refractivity contribution < 1.29 is 34.8 Å². The highest BCUT2D eigenvalue weighted by Gasteiger charge is 2.32. The van der Waals surface area contributed by atoms with Gasteiger partial charge in [-0.3, -0.25) is 4.79 Å². The highest BCUT2D eigenvalue weighted by Crippen LogP contribution is 2.28. The number of carboxylic acid groups (broad SMARTS) is 2. The van der Waals surface area contributed by atoms with Gasteiger partial charge in [-0.1, -0.05) is 6.92 Å². The molecule has 2 aromatic heterocycles. The molecule has 3 heterocycles. The lowest BCUT2D eigenvalue weighted by Gasteiger charge is -2.42. The molecule has 5 N–H and O–H groups in total. The number of nitrogens with one attached hydrogen (secondary N) is 1. The SMILES string of the molecule is C[C@@H]1CCN(C(=O)CC#N)C[C@@H]1N(C)c1ncnc2[nH]ccc12.O=C(O)C(O)C(O)C(=O)O. The zero-order chi connectivity index (χ0) is 24.7. The van der Waals surface area contributed by atoms with Gasteiger partial charge in [0.25, 0.3) is 0 Å². The van der Waals surface area contributed by atoms with Crippen LogP contribution in [-0.4, -0.2) is 96.5 Å². The summed E-state index contributed by atoms with van der Waals surface area (Å²) in [5.74, 6) is -2.32. The van der Waals surface area contributed by atoms with Crippen LogP contribution >= 0.6 is 0 Å². The first-order valence-electron chi connectivity index (χ1n) is 10.1. The average Bonchev–Trinajstić information content (AvgIpc) is 3.27. The van der Waals surface area contributed by atoms with Crippen LogP contribution in [0.5, 0.6) is 0 Å². The molecule has 1 aliphatic rings. The first-order valence-corrected chi connectivity index (χ1v) is 10.1. The molecule has 2 aromatic rings. The monoisotopic (exact) mass is 462 g/mol. The first-order chi connectivity index (χ1) is 15.6. The van der Waals surface area contributed by atoms with Gasteiger partial charge < -0.3 is 35.2 Å². The number of fused-ring (bicyclic) bond motifs is 1. The number of carbonyl (C=O) groups is 3. The summed E-state index contributed by atoms with van der Waals surface area (Å²) >= 11 is 0. The molecule has 0 bridgehead atoms.